The Labute approximate surface area is 135 Å². The van der Waals surface area contributed by atoms with Gasteiger partial charge in [-0.25, -0.2) is 0 Å². The molecule has 1 saturated heterocycles. The number of para-hydroxylation sites is 1. The fraction of sp³-hybridized carbons (Fsp3) is 0.375. The van der Waals surface area contributed by atoms with Crippen LogP contribution in [0.4, 0.5) is 17.5 Å². The summed E-state index contributed by atoms with van der Waals surface area (Å²) in [7, 11) is 1.96. The normalized spacial score (nSPS) is 14.7. The van der Waals surface area contributed by atoms with Crippen LogP contribution in [-0.2, 0) is 4.79 Å². The van der Waals surface area contributed by atoms with E-state index in [-0.39, 0.29) is 5.91 Å². The molecule has 1 aliphatic rings. The van der Waals surface area contributed by atoms with Crippen LogP contribution in [0.25, 0.3) is 0 Å². The van der Waals surface area contributed by atoms with Crippen molar-refractivity contribution in [2.24, 2.45) is 0 Å². The molecule has 1 aromatic carbocycles. The first-order valence-electron chi connectivity index (χ1n) is 7.64. The Bertz CT molecular complexity index is 669. The van der Waals surface area contributed by atoms with Gasteiger partial charge in [0.25, 0.3) is 0 Å². The van der Waals surface area contributed by atoms with Crippen LogP contribution in [-0.4, -0.2) is 59.2 Å². The second-order valence-electron chi connectivity index (χ2n) is 5.50. The highest BCUT2D eigenvalue weighted by atomic mass is 16.2. The Morgan fingerprint density at radius 1 is 1.13 bits per heavy atom. The van der Waals surface area contributed by atoms with E-state index in [1.807, 2.05) is 47.2 Å². The van der Waals surface area contributed by atoms with Crippen LogP contribution in [0.15, 0.2) is 36.5 Å². The van der Waals surface area contributed by atoms with E-state index in [1.165, 1.54) is 0 Å². The summed E-state index contributed by atoms with van der Waals surface area (Å²) in [5.41, 5.74) is 1.04. The minimum absolute atomic E-state index is 0.112. The molecule has 2 aromatic rings. The largest absolute Gasteiger partial charge is 0.339 e. The number of hydrogen-bond acceptors (Lipinski definition) is 6. The topological polar surface area (TPSA) is 65.5 Å². The molecule has 0 saturated carbocycles. The number of amides is 1. The summed E-state index contributed by atoms with van der Waals surface area (Å²) in [5.74, 6) is 1.46. The molecule has 0 aliphatic carbocycles. The van der Waals surface area contributed by atoms with Gasteiger partial charge in [0, 0.05) is 45.8 Å². The lowest BCUT2D eigenvalue weighted by atomic mass is 10.3. The molecule has 0 N–H and O–H groups in total. The molecule has 7 heteroatoms. The maximum Gasteiger partial charge on any atom is 0.247 e. The minimum Gasteiger partial charge on any atom is -0.339 e. The van der Waals surface area contributed by atoms with Gasteiger partial charge in [0.05, 0.1) is 6.20 Å². The molecule has 1 aromatic heterocycles. The number of anilines is 3. The molecule has 0 atom stereocenters. The number of piperazine rings is 1. The molecular formula is C16H20N6O. The Balaban J connectivity index is 1.74. The van der Waals surface area contributed by atoms with Gasteiger partial charge in [-0.1, -0.05) is 18.2 Å². The fourth-order valence-corrected chi connectivity index (χ4v) is 2.59. The highest BCUT2D eigenvalue weighted by Crippen LogP contribution is 2.22. The minimum atomic E-state index is 0.112. The van der Waals surface area contributed by atoms with Crippen LogP contribution in [0.5, 0.6) is 0 Å². The maximum absolute atomic E-state index is 11.4. The summed E-state index contributed by atoms with van der Waals surface area (Å²) >= 11 is 0. The first kappa shape index (κ1) is 15.2. The molecule has 23 heavy (non-hydrogen) atoms. The van der Waals surface area contributed by atoms with E-state index in [2.05, 4.69) is 20.1 Å². The number of benzene rings is 1. The molecule has 1 aliphatic heterocycles. The Kier molecular flexibility index (Phi) is 4.36. The summed E-state index contributed by atoms with van der Waals surface area (Å²) in [5, 5.41) is 8.23. The van der Waals surface area contributed by atoms with Crippen molar-refractivity contribution in [3.8, 4) is 0 Å². The molecule has 0 radical (unpaired) electrons. The maximum atomic E-state index is 11.4. The Morgan fingerprint density at radius 2 is 1.83 bits per heavy atom. The van der Waals surface area contributed by atoms with Crippen molar-refractivity contribution >= 4 is 23.4 Å². The second-order valence-corrected chi connectivity index (χ2v) is 5.50. The molecule has 0 unspecified atom stereocenters. The zero-order valence-electron chi connectivity index (χ0n) is 13.4. The van der Waals surface area contributed by atoms with Crippen molar-refractivity contribution in [3.63, 3.8) is 0 Å². The van der Waals surface area contributed by atoms with E-state index in [1.54, 1.807) is 13.1 Å². The summed E-state index contributed by atoms with van der Waals surface area (Å²) in [4.78, 5) is 21.9. The van der Waals surface area contributed by atoms with Crippen molar-refractivity contribution < 1.29 is 4.79 Å². The molecule has 7 nitrogen and oxygen atoms in total. The summed E-state index contributed by atoms with van der Waals surface area (Å²) in [6.45, 7) is 4.43. The summed E-state index contributed by atoms with van der Waals surface area (Å²) in [6.07, 6.45) is 1.66. The predicted octanol–water partition coefficient (Wildman–Crippen LogP) is 1.31. The third-order valence-electron chi connectivity index (χ3n) is 4.03. The number of aromatic nitrogens is 3. The molecule has 2 heterocycles. The number of carbonyl (C=O) groups is 1. The van der Waals surface area contributed by atoms with Crippen molar-refractivity contribution in [2.45, 2.75) is 6.92 Å². The average molecular weight is 312 g/mol. The molecule has 0 bridgehead atoms. The zero-order chi connectivity index (χ0) is 16.2. The first-order valence-corrected chi connectivity index (χ1v) is 7.64. The molecule has 1 fully saturated rings. The molecule has 0 spiro atoms. The van der Waals surface area contributed by atoms with Crippen LogP contribution in [0, 0.1) is 0 Å². The van der Waals surface area contributed by atoms with Gasteiger partial charge in [-0.2, -0.15) is 10.1 Å². The van der Waals surface area contributed by atoms with Gasteiger partial charge in [0.1, 0.15) is 0 Å². The lowest BCUT2D eigenvalue weighted by molar-refractivity contribution is -0.129. The number of nitrogens with zero attached hydrogens (tertiary/aromatic N) is 6. The summed E-state index contributed by atoms with van der Waals surface area (Å²) in [6, 6.07) is 10.0. The van der Waals surface area contributed by atoms with Gasteiger partial charge in [-0.15, -0.1) is 5.10 Å². The van der Waals surface area contributed by atoms with Crippen LogP contribution >= 0.6 is 0 Å². The quantitative estimate of drug-likeness (QED) is 0.851. The van der Waals surface area contributed by atoms with Crippen molar-refractivity contribution in [2.75, 3.05) is 43.0 Å². The second kappa shape index (κ2) is 6.60. The van der Waals surface area contributed by atoms with Crippen LogP contribution in [0.2, 0.25) is 0 Å². The number of rotatable bonds is 3. The van der Waals surface area contributed by atoms with Crippen molar-refractivity contribution in [1.29, 1.82) is 0 Å². The first-order chi connectivity index (χ1) is 11.1. The highest BCUT2D eigenvalue weighted by molar-refractivity contribution is 5.73. The molecule has 120 valence electrons. The third-order valence-corrected chi connectivity index (χ3v) is 4.03. The van der Waals surface area contributed by atoms with Crippen LogP contribution in [0.3, 0.4) is 0 Å². The monoisotopic (exact) mass is 312 g/mol. The molecule has 1 amide bonds. The van der Waals surface area contributed by atoms with Crippen LogP contribution in [0.1, 0.15) is 6.92 Å². The average Bonchev–Trinajstić information content (AvgIpc) is 2.62. The van der Waals surface area contributed by atoms with E-state index >= 15 is 0 Å². The van der Waals surface area contributed by atoms with E-state index in [9.17, 15) is 4.79 Å². The lowest BCUT2D eigenvalue weighted by Crippen LogP contribution is -2.48. The van der Waals surface area contributed by atoms with Crippen molar-refractivity contribution in [1.82, 2.24) is 20.1 Å². The molecule has 3 rings (SSSR count). The standard InChI is InChI=1S/C16H20N6O/c1-13(23)21-8-10-22(11-9-21)16-18-15(12-17-19-16)20(2)14-6-4-3-5-7-14/h3-7,12H,8-11H2,1-2H3. The van der Waals surface area contributed by atoms with E-state index < -0.39 is 0 Å². The van der Waals surface area contributed by atoms with Gasteiger partial charge in [-0.3, -0.25) is 4.79 Å². The zero-order valence-corrected chi connectivity index (χ0v) is 13.4. The van der Waals surface area contributed by atoms with Gasteiger partial charge in [-0.05, 0) is 12.1 Å². The van der Waals surface area contributed by atoms with E-state index in [0.717, 1.165) is 24.6 Å². The number of hydrogen-bond donors (Lipinski definition) is 0. The van der Waals surface area contributed by atoms with Crippen molar-refractivity contribution in [3.05, 3.63) is 36.5 Å². The smallest absolute Gasteiger partial charge is 0.247 e. The highest BCUT2D eigenvalue weighted by Gasteiger charge is 2.21. The molecular weight excluding hydrogens is 292 g/mol. The Hall–Kier alpha value is -2.70. The van der Waals surface area contributed by atoms with E-state index in [0.29, 0.717) is 19.0 Å². The Morgan fingerprint density at radius 3 is 2.48 bits per heavy atom. The van der Waals surface area contributed by atoms with Gasteiger partial charge in [0.15, 0.2) is 5.82 Å². The third kappa shape index (κ3) is 3.39. The predicted molar refractivity (Wildman–Crippen MR) is 88.8 cm³/mol. The van der Waals surface area contributed by atoms with Crippen LogP contribution < -0.4 is 9.80 Å². The van der Waals surface area contributed by atoms with Gasteiger partial charge >= 0.3 is 0 Å². The SMILES string of the molecule is CC(=O)N1CCN(c2nncc(N(C)c3ccccc3)n2)CC1. The van der Waals surface area contributed by atoms with Gasteiger partial charge in [0.2, 0.25) is 11.9 Å². The van der Waals surface area contributed by atoms with E-state index in [4.69, 9.17) is 0 Å². The summed E-state index contributed by atoms with van der Waals surface area (Å²) < 4.78 is 0. The fourth-order valence-electron chi connectivity index (χ4n) is 2.59. The van der Waals surface area contributed by atoms with Gasteiger partial charge < -0.3 is 14.7 Å². The number of carbonyl (C=O) groups excluding carboxylic acids is 1. The lowest BCUT2D eigenvalue weighted by Gasteiger charge is -2.34.